The summed E-state index contributed by atoms with van der Waals surface area (Å²) in [6.45, 7) is 0.720. The highest BCUT2D eigenvalue weighted by atomic mass is 35.5. The maximum absolute atomic E-state index is 14.6. The number of H-pyrrole nitrogens is 1. The number of hydrogen-bond donors (Lipinski definition) is 1. The van der Waals surface area contributed by atoms with E-state index in [0.29, 0.717) is 43.7 Å². The molecule has 0 aliphatic carbocycles. The Balaban J connectivity index is 1.43. The molecule has 3 aromatic heterocycles. The van der Waals surface area contributed by atoms with Crippen LogP contribution in [0.15, 0.2) is 36.9 Å². The third-order valence-corrected chi connectivity index (χ3v) is 6.16. The maximum Gasteiger partial charge on any atom is 0.226 e. The average Bonchev–Trinajstić information content (AvgIpc) is 3.45. The van der Waals surface area contributed by atoms with Crippen LogP contribution in [0.25, 0.3) is 22.2 Å². The lowest BCUT2D eigenvalue weighted by Gasteiger charge is -2.18. The number of benzene rings is 1. The smallest absolute Gasteiger partial charge is 0.226 e. The van der Waals surface area contributed by atoms with Gasteiger partial charge in [0.05, 0.1) is 21.6 Å². The van der Waals surface area contributed by atoms with Crippen LogP contribution in [0.3, 0.4) is 0 Å². The van der Waals surface area contributed by atoms with Crippen molar-refractivity contribution in [2.75, 3.05) is 11.4 Å². The fourth-order valence-electron chi connectivity index (χ4n) is 3.81. The average molecular weight is 484 g/mol. The van der Waals surface area contributed by atoms with Crippen LogP contribution in [0.4, 0.5) is 10.3 Å². The highest BCUT2D eigenvalue weighted by Crippen LogP contribution is 2.33. The minimum absolute atomic E-state index is 0.0243. The van der Waals surface area contributed by atoms with Gasteiger partial charge in [0.25, 0.3) is 0 Å². The second kappa shape index (κ2) is 8.81. The summed E-state index contributed by atoms with van der Waals surface area (Å²) in [4.78, 5) is 14.6. The maximum atomic E-state index is 14.6. The molecule has 8 nitrogen and oxygen atoms in total. The van der Waals surface area contributed by atoms with Crippen LogP contribution in [-0.4, -0.2) is 37.7 Å². The summed E-state index contributed by atoms with van der Waals surface area (Å²) in [6.07, 6.45) is 7.92. The number of fused-ring (bicyclic) bond motifs is 1. The summed E-state index contributed by atoms with van der Waals surface area (Å²) < 4.78 is 20.3. The van der Waals surface area contributed by atoms with Crippen molar-refractivity contribution >= 4 is 40.1 Å². The highest BCUT2D eigenvalue weighted by molar-refractivity contribution is 6.35. The summed E-state index contributed by atoms with van der Waals surface area (Å²) in [5.41, 5.74) is 2.22. The van der Waals surface area contributed by atoms with Crippen molar-refractivity contribution in [2.24, 2.45) is 0 Å². The number of anilines is 1. The first kappa shape index (κ1) is 21.4. The van der Waals surface area contributed by atoms with Gasteiger partial charge >= 0.3 is 0 Å². The number of hydrogen-bond acceptors (Lipinski definition) is 7. The van der Waals surface area contributed by atoms with E-state index >= 15 is 0 Å². The Bertz CT molecular complexity index is 1350. The van der Waals surface area contributed by atoms with Crippen LogP contribution < -0.4 is 9.64 Å². The molecular formula is C22H16Cl2FN7O. The van der Waals surface area contributed by atoms with Gasteiger partial charge in [-0.25, -0.2) is 14.4 Å². The molecule has 0 bridgehead atoms. The Labute approximate surface area is 198 Å². The highest BCUT2D eigenvalue weighted by Gasteiger charge is 2.26. The molecule has 166 valence electrons. The quantitative estimate of drug-likeness (QED) is 0.428. The van der Waals surface area contributed by atoms with Crippen molar-refractivity contribution in [3.8, 4) is 23.1 Å². The van der Waals surface area contributed by atoms with E-state index in [2.05, 4.69) is 31.2 Å². The minimum atomic E-state index is -0.554. The van der Waals surface area contributed by atoms with Gasteiger partial charge in [0.15, 0.2) is 11.6 Å². The van der Waals surface area contributed by atoms with Crippen LogP contribution in [0.5, 0.6) is 5.75 Å². The van der Waals surface area contributed by atoms with Crippen LogP contribution in [0.2, 0.25) is 10.0 Å². The number of ether oxygens (including phenoxy) is 1. The first-order chi connectivity index (χ1) is 16.0. The van der Waals surface area contributed by atoms with Gasteiger partial charge in [-0.05, 0) is 18.9 Å². The van der Waals surface area contributed by atoms with Crippen molar-refractivity contribution in [3.63, 3.8) is 0 Å². The second-order valence-corrected chi connectivity index (χ2v) is 8.34. The van der Waals surface area contributed by atoms with Gasteiger partial charge in [0.1, 0.15) is 18.3 Å². The summed E-state index contributed by atoms with van der Waals surface area (Å²) >= 11 is 12.3. The van der Waals surface area contributed by atoms with Crippen molar-refractivity contribution in [1.82, 2.24) is 25.1 Å². The van der Waals surface area contributed by atoms with Crippen molar-refractivity contribution < 1.29 is 9.13 Å². The predicted octanol–water partition coefficient (Wildman–Crippen LogP) is 4.93. The Morgan fingerprint density at radius 1 is 1.18 bits per heavy atom. The molecule has 4 heterocycles. The van der Waals surface area contributed by atoms with Gasteiger partial charge in [-0.15, -0.1) is 0 Å². The van der Waals surface area contributed by atoms with E-state index in [-0.39, 0.29) is 18.4 Å². The third kappa shape index (κ3) is 4.03. The third-order valence-electron chi connectivity index (χ3n) is 5.51. The molecule has 0 spiro atoms. The molecule has 0 saturated carbocycles. The zero-order valence-corrected chi connectivity index (χ0v) is 18.6. The first-order valence-electron chi connectivity index (χ1n) is 10.1. The van der Waals surface area contributed by atoms with E-state index in [1.807, 2.05) is 4.90 Å². The summed E-state index contributed by atoms with van der Waals surface area (Å²) in [6, 6.07) is 4.94. The normalized spacial score (nSPS) is 15.7. The molecule has 1 fully saturated rings. The van der Waals surface area contributed by atoms with Crippen molar-refractivity contribution in [2.45, 2.75) is 25.5 Å². The monoisotopic (exact) mass is 483 g/mol. The molecular weight excluding hydrogens is 468 g/mol. The molecule has 1 saturated heterocycles. The molecule has 0 unspecified atom stereocenters. The number of halogens is 3. The molecule has 1 aliphatic rings. The van der Waals surface area contributed by atoms with E-state index in [9.17, 15) is 9.65 Å². The molecule has 1 aliphatic heterocycles. The SMILES string of the molecule is N#C[C@@H]1CCCN1c1ncc(-c2n[nH]c3cc(F)c(OCc4c(Cl)cncc4Cl)cc23)cn1. The molecule has 0 amide bonds. The van der Waals surface area contributed by atoms with E-state index in [0.717, 1.165) is 19.4 Å². The summed E-state index contributed by atoms with van der Waals surface area (Å²) in [7, 11) is 0. The Morgan fingerprint density at radius 3 is 2.67 bits per heavy atom. The van der Waals surface area contributed by atoms with Crippen LogP contribution in [0.1, 0.15) is 18.4 Å². The standard InChI is InChI=1S/C22H16Cl2FN7O/c23-16-9-27-10-17(24)15(16)11-33-20-4-14-19(5-18(20)25)30-31-21(14)12-7-28-22(29-8-12)32-3-1-2-13(32)6-26/h4-5,7-10,13H,1-3,11H2,(H,30,31)/t13-/m0/s1. The number of nitriles is 1. The lowest BCUT2D eigenvalue weighted by molar-refractivity contribution is 0.291. The molecule has 1 atom stereocenters. The largest absolute Gasteiger partial charge is 0.486 e. The number of aromatic amines is 1. The lowest BCUT2D eigenvalue weighted by Crippen LogP contribution is -2.29. The fraction of sp³-hybridized carbons (Fsp3) is 0.227. The van der Waals surface area contributed by atoms with Crippen LogP contribution in [-0.2, 0) is 6.61 Å². The molecule has 1 aromatic carbocycles. The molecule has 0 radical (unpaired) electrons. The summed E-state index contributed by atoms with van der Waals surface area (Å²) in [5, 5.41) is 17.7. The van der Waals surface area contributed by atoms with Gasteiger partial charge < -0.3 is 9.64 Å². The van der Waals surface area contributed by atoms with E-state index in [1.54, 1.807) is 18.5 Å². The molecule has 5 rings (SSSR count). The zero-order chi connectivity index (χ0) is 22.9. The predicted molar refractivity (Wildman–Crippen MR) is 122 cm³/mol. The molecule has 1 N–H and O–H groups in total. The number of aromatic nitrogens is 5. The second-order valence-electron chi connectivity index (χ2n) is 7.52. The van der Waals surface area contributed by atoms with Gasteiger partial charge in [-0.1, -0.05) is 23.2 Å². The van der Waals surface area contributed by atoms with E-state index in [4.69, 9.17) is 27.9 Å². The topological polar surface area (TPSA) is 104 Å². The molecule has 11 heteroatoms. The van der Waals surface area contributed by atoms with E-state index in [1.165, 1.54) is 18.5 Å². The van der Waals surface area contributed by atoms with Crippen molar-refractivity contribution in [3.05, 3.63) is 58.3 Å². The zero-order valence-electron chi connectivity index (χ0n) is 17.1. The van der Waals surface area contributed by atoms with Gasteiger partial charge in [-0.2, -0.15) is 10.4 Å². The van der Waals surface area contributed by atoms with Gasteiger partial charge in [-0.3, -0.25) is 10.1 Å². The van der Waals surface area contributed by atoms with Crippen molar-refractivity contribution in [1.29, 1.82) is 5.26 Å². The minimum Gasteiger partial charge on any atom is -0.486 e. The fourth-order valence-corrected chi connectivity index (χ4v) is 4.28. The lowest BCUT2D eigenvalue weighted by atomic mass is 10.1. The number of pyridine rings is 1. The van der Waals surface area contributed by atoms with Crippen LogP contribution >= 0.6 is 23.2 Å². The number of nitrogens with one attached hydrogen (secondary N) is 1. The van der Waals surface area contributed by atoms with Crippen LogP contribution in [0, 0.1) is 17.1 Å². The van der Waals surface area contributed by atoms with E-state index < -0.39 is 5.82 Å². The van der Waals surface area contributed by atoms with Gasteiger partial charge in [0, 0.05) is 53.9 Å². The molecule has 33 heavy (non-hydrogen) atoms. The summed E-state index contributed by atoms with van der Waals surface area (Å²) in [5.74, 6) is -0.0217. The number of rotatable bonds is 5. The van der Waals surface area contributed by atoms with Gasteiger partial charge in [0.2, 0.25) is 5.95 Å². The number of nitrogens with zero attached hydrogens (tertiary/aromatic N) is 6. The Morgan fingerprint density at radius 2 is 1.94 bits per heavy atom. The molecule has 4 aromatic rings. The Kier molecular flexibility index (Phi) is 5.70. The Hall–Kier alpha value is -3.48. The first-order valence-corrected chi connectivity index (χ1v) is 10.9.